The van der Waals surface area contributed by atoms with Gasteiger partial charge < -0.3 is 41.2 Å². The summed E-state index contributed by atoms with van der Waals surface area (Å²) >= 11 is 0. The molecule has 0 aliphatic rings. The number of carboxylic acids is 4. The van der Waals surface area contributed by atoms with Crippen LogP contribution in [0.3, 0.4) is 0 Å². The summed E-state index contributed by atoms with van der Waals surface area (Å²) in [6.45, 7) is 0.454. The van der Waals surface area contributed by atoms with Gasteiger partial charge in [-0.25, -0.2) is 14.8 Å². The van der Waals surface area contributed by atoms with Gasteiger partial charge in [-0.05, 0) is 54.6 Å². The third-order valence-corrected chi connectivity index (χ3v) is 6.87. The van der Waals surface area contributed by atoms with E-state index in [-0.39, 0.29) is 24.7 Å². The van der Waals surface area contributed by atoms with Crippen molar-refractivity contribution in [1.29, 1.82) is 5.41 Å². The molecule has 1 amide bonds. The minimum absolute atomic E-state index is 0.00300. The van der Waals surface area contributed by atoms with E-state index in [1.165, 1.54) is 4.90 Å². The van der Waals surface area contributed by atoms with Gasteiger partial charge in [-0.2, -0.15) is 0 Å². The predicted octanol–water partition coefficient (Wildman–Crippen LogP) is 1.74. The zero-order valence-corrected chi connectivity index (χ0v) is 25.5. The number of aromatic nitrogens is 3. The largest absolute Gasteiger partial charge is 0.481 e. The van der Waals surface area contributed by atoms with Crippen molar-refractivity contribution in [3.8, 4) is 0 Å². The molecule has 17 heteroatoms. The molecule has 0 spiro atoms. The predicted molar refractivity (Wildman–Crippen MR) is 171 cm³/mol. The maximum absolute atomic E-state index is 13.3. The Hall–Kier alpha value is -6.36. The lowest BCUT2D eigenvalue weighted by molar-refractivity contribution is -0.170. The first-order valence-corrected chi connectivity index (χ1v) is 14.1. The maximum Gasteiger partial charge on any atom is 0.336 e. The number of carbonyl (C=O) groups excluding carboxylic acids is 1. The first-order valence-electron chi connectivity index (χ1n) is 14.1. The van der Waals surface area contributed by atoms with Crippen LogP contribution in [0.25, 0.3) is 11.0 Å². The SMILES string of the molecule is Cn1c(CNc2ccc(C(=N)N)cc2)nc2cc(C(=O)N(CCC(=O)O)c3ccccn3)ccc21.O=C(O)CC(O)(CC(=O)O)C(=O)O. The number of nitrogens with two attached hydrogens (primary N) is 1. The lowest BCUT2D eigenvalue weighted by atomic mass is 9.96. The molecular weight excluding hydrogens is 630 g/mol. The van der Waals surface area contributed by atoms with E-state index >= 15 is 0 Å². The average Bonchev–Trinajstić information content (AvgIpc) is 3.34. The Kier molecular flexibility index (Phi) is 11.9. The minimum Gasteiger partial charge on any atom is -0.481 e. The van der Waals surface area contributed by atoms with Gasteiger partial charge in [-0.3, -0.25) is 29.5 Å². The van der Waals surface area contributed by atoms with E-state index in [0.717, 1.165) is 17.0 Å². The Labute approximate surface area is 272 Å². The lowest BCUT2D eigenvalue weighted by Gasteiger charge is -2.21. The van der Waals surface area contributed by atoms with Crippen molar-refractivity contribution in [2.45, 2.75) is 31.4 Å². The highest BCUT2D eigenvalue weighted by molar-refractivity contribution is 6.07. The van der Waals surface area contributed by atoms with Crippen molar-refractivity contribution in [1.82, 2.24) is 14.5 Å². The summed E-state index contributed by atoms with van der Waals surface area (Å²) < 4.78 is 1.95. The molecule has 4 rings (SSSR count). The van der Waals surface area contributed by atoms with Crippen LogP contribution in [0.4, 0.5) is 11.5 Å². The van der Waals surface area contributed by atoms with E-state index in [4.69, 9.17) is 36.7 Å². The molecule has 0 radical (unpaired) electrons. The van der Waals surface area contributed by atoms with Gasteiger partial charge in [-0.15, -0.1) is 0 Å². The van der Waals surface area contributed by atoms with E-state index in [2.05, 4.69) is 15.3 Å². The number of carbonyl (C=O) groups is 5. The zero-order valence-electron chi connectivity index (χ0n) is 25.5. The molecule has 0 aliphatic heterocycles. The number of imidazole rings is 1. The minimum atomic E-state index is -2.74. The number of aryl methyl sites for hydroxylation is 1. The summed E-state index contributed by atoms with van der Waals surface area (Å²) in [7, 11) is 1.90. The number of amidine groups is 1. The van der Waals surface area contributed by atoms with E-state index in [1.807, 2.05) is 29.8 Å². The van der Waals surface area contributed by atoms with Crippen LogP contribution in [-0.4, -0.2) is 87.8 Å². The van der Waals surface area contributed by atoms with Crippen LogP contribution in [0, 0.1) is 5.41 Å². The van der Waals surface area contributed by atoms with Crippen molar-refractivity contribution in [2.24, 2.45) is 12.8 Å². The molecule has 0 bridgehead atoms. The third kappa shape index (κ3) is 9.57. The fraction of sp³-hybridized carbons (Fsp3) is 0.226. The highest BCUT2D eigenvalue weighted by Gasteiger charge is 2.40. The highest BCUT2D eigenvalue weighted by atomic mass is 16.4. The van der Waals surface area contributed by atoms with Gasteiger partial charge in [0.05, 0.1) is 36.8 Å². The molecule has 17 nitrogen and oxygen atoms in total. The first kappa shape index (κ1) is 36.1. The average molecular weight is 664 g/mol. The topological polar surface area (TPSA) is 282 Å². The molecule has 9 N–H and O–H groups in total. The number of carboxylic acid groups (broad SMARTS) is 4. The van der Waals surface area contributed by atoms with Crippen LogP contribution >= 0.6 is 0 Å². The number of fused-ring (bicyclic) bond motifs is 1. The quantitative estimate of drug-likeness (QED) is 0.0705. The van der Waals surface area contributed by atoms with E-state index in [0.29, 0.717) is 29.0 Å². The number of nitrogen functional groups attached to an aromatic ring is 1. The summed E-state index contributed by atoms with van der Waals surface area (Å²) in [6, 6.07) is 17.6. The van der Waals surface area contributed by atoms with Gasteiger partial charge in [0.15, 0.2) is 5.60 Å². The number of aliphatic hydroxyl groups is 1. The molecule has 2 aromatic heterocycles. The zero-order chi connectivity index (χ0) is 35.6. The monoisotopic (exact) mass is 663 g/mol. The molecule has 2 heterocycles. The molecule has 0 fully saturated rings. The molecule has 252 valence electrons. The van der Waals surface area contributed by atoms with Crippen molar-refractivity contribution >= 4 is 58.2 Å². The number of aliphatic carboxylic acids is 4. The summed E-state index contributed by atoms with van der Waals surface area (Å²) in [5.74, 6) is -5.18. The fourth-order valence-corrected chi connectivity index (χ4v) is 4.40. The van der Waals surface area contributed by atoms with Crippen LogP contribution in [0.15, 0.2) is 66.9 Å². The van der Waals surface area contributed by atoms with Crippen LogP contribution < -0.4 is 16.0 Å². The molecule has 4 aromatic rings. The van der Waals surface area contributed by atoms with Crippen LogP contribution in [0.1, 0.15) is 41.0 Å². The van der Waals surface area contributed by atoms with Crippen molar-refractivity contribution < 1.29 is 49.5 Å². The van der Waals surface area contributed by atoms with Gasteiger partial charge in [0, 0.05) is 36.6 Å². The van der Waals surface area contributed by atoms with Gasteiger partial charge in [0.2, 0.25) is 0 Å². The summed E-state index contributed by atoms with van der Waals surface area (Å²) in [6.07, 6.45) is -0.925. The number of rotatable bonds is 14. The Balaban J connectivity index is 0.000000408. The molecular formula is C31H33N7O10. The standard InChI is InChI=1S/C25H25N7O3.C6H8O7/c1-31-20-10-7-17(25(35)32(13-11-23(33)34)21-4-2-3-12-28-21)14-19(20)30-22(31)15-29-18-8-5-16(6-9-18)24(26)27;7-3(8)1-6(13,5(11)12)2-4(9)10/h2-10,12,14,29H,11,13,15H2,1H3,(H3,26,27)(H,33,34);13H,1-2H2,(H,7,8)(H,9,10)(H,11,12). The summed E-state index contributed by atoms with van der Waals surface area (Å²) in [4.78, 5) is 65.2. The summed E-state index contributed by atoms with van der Waals surface area (Å²) in [5.41, 5.74) is 6.19. The smallest absolute Gasteiger partial charge is 0.336 e. The van der Waals surface area contributed by atoms with Crippen molar-refractivity contribution in [2.75, 3.05) is 16.8 Å². The number of anilines is 2. The Morgan fingerprint density at radius 1 is 0.917 bits per heavy atom. The van der Waals surface area contributed by atoms with E-state index in [1.54, 1.807) is 48.7 Å². The number of hydrogen-bond acceptors (Lipinski definition) is 10. The molecule has 0 atom stereocenters. The second-order valence-electron chi connectivity index (χ2n) is 10.4. The van der Waals surface area contributed by atoms with Gasteiger partial charge in [0.1, 0.15) is 17.5 Å². The number of benzene rings is 2. The number of pyridine rings is 1. The third-order valence-electron chi connectivity index (χ3n) is 6.87. The van der Waals surface area contributed by atoms with Gasteiger partial charge >= 0.3 is 23.9 Å². The van der Waals surface area contributed by atoms with Gasteiger partial charge in [0.25, 0.3) is 5.91 Å². The molecule has 2 aromatic carbocycles. The normalized spacial score (nSPS) is 10.8. The first-order chi connectivity index (χ1) is 22.6. The van der Waals surface area contributed by atoms with Crippen molar-refractivity contribution in [3.63, 3.8) is 0 Å². The van der Waals surface area contributed by atoms with Crippen LogP contribution in [-0.2, 0) is 32.8 Å². The van der Waals surface area contributed by atoms with Crippen LogP contribution in [0.5, 0.6) is 0 Å². The van der Waals surface area contributed by atoms with E-state index in [9.17, 15) is 24.0 Å². The molecule has 0 saturated heterocycles. The van der Waals surface area contributed by atoms with Crippen molar-refractivity contribution in [3.05, 3.63) is 83.8 Å². The molecule has 48 heavy (non-hydrogen) atoms. The second-order valence-corrected chi connectivity index (χ2v) is 10.4. The molecule has 0 unspecified atom stereocenters. The Bertz CT molecular complexity index is 1810. The van der Waals surface area contributed by atoms with Crippen LogP contribution in [0.2, 0.25) is 0 Å². The van der Waals surface area contributed by atoms with E-state index < -0.39 is 42.3 Å². The Morgan fingerprint density at radius 3 is 2.06 bits per heavy atom. The Morgan fingerprint density at radius 2 is 1.54 bits per heavy atom. The maximum atomic E-state index is 13.3. The molecule has 0 saturated carbocycles. The molecule has 0 aliphatic carbocycles. The fourth-order valence-electron chi connectivity index (χ4n) is 4.40. The summed E-state index contributed by atoms with van der Waals surface area (Å²) in [5, 5.41) is 53.7. The number of nitrogens with one attached hydrogen (secondary N) is 2. The number of amides is 1. The lowest BCUT2D eigenvalue weighted by Crippen LogP contribution is -2.42. The number of nitrogens with zero attached hydrogens (tertiary/aromatic N) is 4. The van der Waals surface area contributed by atoms with Gasteiger partial charge in [-0.1, -0.05) is 6.07 Å². The number of hydrogen-bond donors (Lipinski definition) is 8. The second kappa shape index (κ2) is 15.8. The highest BCUT2D eigenvalue weighted by Crippen LogP contribution is 2.21.